The Morgan fingerprint density at radius 1 is 0.328 bits per heavy atom. The maximum atomic E-state index is 5.45. The maximum absolute atomic E-state index is 5.45. The van der Waals surface area contributed by atoms with Crippen molar-refractivity contribution >= 4 is 0 Å². The molecule has 2 aromatic heterocycles. The minimum absolute atomic E-state index is 0.0512. The molecule has 0 atom stereocenters. The number of unbranched alkanes of at least 4 members (excludes halogenated alkanes) is 10. The molecular weight excluding hydrogens is 813 g/mol. The number of aromatic nitrogens is 4. The average Bonchev–Trinajstić information content (AvgIpc) is 3.64. The van der Waals surface area contributed by atoms with Gasteiger partial charge in [-0.25, -0.2) is 19.9 Å². The van der Waals surface area contributed by atoms with Crippen molar-refractivity contribution in [1.29, 1.82) is 0 Å². The maximum Gasteiger partial charge on any atom is 0.198 e. The van der Waals surface area contributed by atoms with Gasteiger partial charge in [-0.3, -0.25) is 0 Å². The van der Waals surface area contributed by atoms with Crippen LogP contribution in [0, 0.1) is 13.8 Å². The fourth-order valence-electron chi connectivity index (χ4n) is 10.3. The summed E-state index contributed by atoms with van der Waals surface area (Å²) in [5.41, 5.74) is 18.2. The van der Waals surface area contributed by atoms with Gasteiger partial charge in [0, 0.05) is 27.7 Å². The lowest BCUT2D eigenvalue weighted by Crippen LogP contribution is -2.25. The van der Waals surface area contributed by atoms with Crippen LogP contribution in [0.2, 0.25) is 0 Å². The molecule has 6 aromatic carbocycles. The third kappa shape index (κ3) is 10.4. The molecule has 67 heavy (non-hydrogen) atoms. The summed E-state index contributed by atoms with van der Waals surface area (Å²) in [6.07, 6.45) is 17.8. The van der Waals surface area contributed by atoms with E-state index in [1.807, 2.05) is 12.1 Å². The van der Waals surface area contributed by atoms with Crippen molar-refractivity contribution in [3.05, 3.63) is 180 Å². The number of hydrogen-bond donors (Lipinski definition) is 0. The fraction of sp³-hybridized carbons (Fsp3) is 0.302. The Labute approximate surface area is 400 Å². The lowest BCUT2D eigenvalue weighted by atomic mass is 9.70. The van der Waals surface area contributed by atoms with Crippen LogP contribution in [0.25, 0.3) is 78.9 Å². The van der Waals surface area contributed by atoms with Crippen molar-refractivity contribution in [2.24, 2.45) is 0 Å². The zero-order valence-corrected chi connectivity index (χ0v) is 40.2. The predicted molar refractivity (Wildman–Crippen MR) is 282 cm³/mol. The summed E-state index contributed by atoms with van der Waals surface area (Å²) in [7, 11) is 0. The van der Waals surface area contributed by atoms with Crippen LogP contribution < -0.4 is 0 Å². The zero-order valence-electron chi connectivity index (χ0n) is 40.2. The van der Waals surface area contributed by atoms with Gasteiger partial charge in [-0.15, -0.1) is 0 Å². The van der Waals surface area contributed by atoms with Crippen LogP contribution in [-0.2, 0) is 5.41 Å². The summed E-state index contributed by atoms with van der Waals surface area (Å²) in [5, 5.41) is 0. The van der Waals surface area contributed by atoms with Crippen molar-refractivity contribution in [3.8, 4) is 78.9 Å². The van der Waals surface area contributed by atoms with E-state index in [0.29, 0.717) is 11.6 Å². The van der Waals surface area contributed by atoms with E-state index in [1.54, 1.807) is 0 Å². The molecule has 9 rings (SSSR count). The lowest BCUT2D eigenvalue weighted by Gasteiger charge is -2.33. The largest absolute Gasteiger partial charge is 0.225 e. The van der Waals surface area contributed by atoms with E-state index in [1.165, 1.54) is 122 Å². The number of hydrogen-bond acceptors (Lipinski definition) is 4. The number of rotatable bonds is 20. The highest BCUT2D eigenvalue weighted by atomic mass is 15.0. The van der Waals surface area contributed by atoms with Gasteiger partial charge in [-0.05, 0) is 78.3 Å². The van der Waals surface area contributed by atoms with Gasteiger partial charge in [-0.2, -0.15) is 0 Å². The van der Waals surface area contributed by atoms with Crippen LogP contribution >= 0.6 is 0 Å². The van der Waals surface area contributed by atoms with E-state index in [2.05, 4.69) is 173 Å². The molecular formula is C63H66N4. The SMILES string of the molecule is CCCCCCCCC1(CCCCCCCC)c2cc(C)ccc2-c2ccc(-c3cc(-c4ccc(-c5ccc(C)cc5)cc4)nc(-c4nc(-c5ccccc5)cc(-c5ccccc5)n4)n3)cc21. The van der Waals surface area contributed by atoms with Crippen molar-refractivity contribution in [3.63, 3.8) is 0 Å². The van der Waals surface area contributed by atoms with Crippen LogP contribution in [-0.4, -0.2) is 19.9 Å². The third-order valence-electron chi connectivity index (χ3n) is 14.1. The van der Waals surface area contributed by atoms with Gasteiger partial charge < -0.3 is 0 Å². The molecule has 0 radical (unpaired) electrons. The fourth-order valence-corrected chi connectivity index (χ4v) is 10.3. The Morgan fingerprint density at radius 2 is 0.701 bits per heavy atom. The third-order valence-corrected chi connectivity index (χ3v) is 14.1. The Kier molecular flexibility index (Phi) is 14.6. The molecule has 1 aliphatic carbocycles. The summed E-state index contributed by atoms with van der Waals surface area (Å²) in [4.78, 5) is 21.2. The molecule has 2 heterocycles. The molecule has 0 aliphatic heterocycles. The average molecular weight is 879 g/mol. The second-order valence-corrected chi connectivity index (χ2v) is 19.0. The van der Waals surface area contributed by atoms with Gasteiger partial charge in [0.05, 0.1) is 22.8 Å². The van der Waals surface area contributed by atoms with Gasteiger partial charge in [0.2, 0.25) is 0 Å². The van der Waals surface area contributed by atoms with Crippen LogP contribution in [0.15, 0.2) is 158 Å². The Morgan fingerprint density at radius 3 is 1.21 bits per heavy atom. The van der Waals surface area contributed by atoms with Gasteiger partial charge in [-0.1, -0.05) is 242 Å². The van der Waals surface area contributed by atoms with Crippen molar-refractivity contribution < 1.29 is 0 Å². The molecule has 0 bridgehead atoms. The van der Waals surface area contributed by atoms with E-state index in [4.69, 9.17) is 19.9 Å². The minimum atomic E-state index is -0.0512. The minimum Gasteiger partial charge on any atom is -0.225 e. The predicted octanol–water partition coefficient (Wildman–Crippen LogP) is 17.7. The van der Waals surface area contributed by atoms with Gasteiger partial charge in [0.15, 0.2) is 11.6 Å². The molecule has 8 aromatic rings. The first-order chi connectivity index (χ1) is 32.9. The van der Waals surface area contributed by atoms with Crippen LogP contribution in [0.1, 0.15) is 126 Å². The van der Waals surface area contributed by atoms with Crippen molar-refractivity contribution in [2.45, 2.75) is 123 Å². The molecule has 0 saturated carbocycles. The first-order valence-corrected chi connectivity index (χ1v) is 25.3. The summed E-state index contributed by atoms with van der Waals surface area (Å²) >= 11 is 0. The highest BCUT2D eigenvalue weighted by molar-refractivity contribution is 5.85. The van der Waals surface area contributed by atoms with E-state index < -0.39 is 0 Å². The van der Waals surface area contributed by atoms with E-state index in [-0.39, 0.29) is 5.41 Å². The van der Waals surface area contributed by atoms with Gasteiger partial charge >= 0.3 is 0 Å². The lowest BCUT2D eigenvalue weighted by molar-refractivity contribution is 0.398. The van der Waals surface area contributed by atoms with E-state index in [0.717, 1.165) is 57.9 Å². The highest BCUT2D eigenvalue weighted by Gasteiger charge is 2.42. The monoisotopic (exact) mass is 879 g/mol. The zero-order chi connectivity index (χ0) is 46.0. The molecule has 4 nitrogen and oxygen atoms in total. The van der Waals surface area contributed by atoms with Gasteiger partial charge in [0.25, 0.3) is 0 Å². The Hall–Kier alpha value is -6.52. The van der Waals surface area contributed by atoms with Crippen LogP contribution in [0.4, 0.5) is 0 Å². The quantitative estimate of drug-likeness (QED) is 0.0716. The second kappa shape index (κ2) is 21.4. The number of fused-ring (bicyclic) bond motifs is 3. The standard InChI is InChI=1S/C63H66N4/c1-5-7-9-11-13-21-39-63(40-22-14-12-10-8-6-2)55-41-46(4)29-37-53(55)54-38-36-52(42-56(54)63)60-44-59(51-34-32-48(33-35-51)47-30-27-45(3)28-31-47)66-62(67-60)61-64-57(49-23-17-15-18-24-49)43-58(65-61)50-25-19-16-20-26-50/h15-20,23-38,41-44H,5-14,21-22,39-40H2,1-4H3. The Balaban J connectivity index is 1.19. The molecule has 0 spiro atoms. The smallest absolute Gasteiger partial charge is 0.198 e. The molecule has 0 N–H and O–H groups in total. The number of benzene rings is 6. The number of aryl methyl sites for hydroxylation is 2. The normalized spacial score (nSPS) is 12.5. The molecule has 0 amide bonds. The second-order valence-electron chi connectivity index (χ2n) is 19.0. The van der Waals surface area contributed by atoms with Crippen molar-refractivity contribution in [1.82, 2.24) is 19.9 Å². The molecule has 338 valence electrons. The summed E-state index contributed by atoms with van der Waals surface area (Å²) < 4.78 is 0. The summed E-state index contributed by atoms with van der Waals surface area (Å²) in [6.45, 7) is 9.02. The molecule has 0 fully saturated rings. The molecule has 1 aliphatic rings. The van der Waals surface area contributed by atoms with E-state index in [9.17, 15) is 0 Å². The van der Waals surface area contributed by atoms with Crippen LogP contribution in [0.5, 0.6) is 0 Å². The topological polar surface area (TPSA) is 51.6 Å². The Bertz CT molecular complexity index is 2810. The molecule has 4 heteroatoms. The summed E-state index contributed by atoms with van der Waals surface area (Å²) in [5.74, 6) is 1.01. The van der Waals surface area contributed by atoms with Crippen molar-refractivity contribution in [2.75, 3.05) is 0 Å². The van der Waals surface area contributed by atoms with E-state index >= 15 is 0 Å². The number of nitrogens with zero attached hydrogens (tertiary/aromatic N) is 4. The van der Waals surface area contributed by atoms with Gasteiger partial charge in [0.1, 0.15) is 0 Å². The highest BCUT2D eigenvalue weighted by Crippen LogP contribution is 2.55. The first-order valence-electron chi connectivity index (χ1n) is 25.3. The van der Waals surface area contributed by atoms with Crippen LogP contribution in [0.3, 0.4) is 0 Å². The summed E-state index contributed by atoms with van der Waals surface area (Å²) in [6, 6.07) is 56.9. The molecule has 0 unspecified atom stereocenters. The first kappa shape index (κ1) is 45.6. The molecule has 0 saturated heterocycles.